The van der Waals surface area contributed by atoms with Crippen LogP contribution < -0.4 is 11.1 Å². The molecule has 1 aliphatic heterocycles. The van der Waals surface area contributed by atoms with Crippen LogP contribution in [0.4, 0.5) is 0 Å². The van der Waals surface area contributed by atoms with Gasteiger partial charge in [0.2, 0.25) is 5.91 Å². The highest BCUT2D eigenvalue weighted by molar-refractivity contribution is 6.30. The molecule has 5 heteroatoms. The number of hydrogen-bond acceptors (Lipinski definition) is 3. The van der Waals surface area contributed by atoms with Gasteiger partial charge in [0.15, 0.2) is 0 Å². The maximum Gasteiger partial charge on any atom is 0.221 e. The first-order valence-corrected chi connectivity index (χ1v) is 7.92. The van der Waals surface area contributed by atoms with Gasteiger partial charge in [-0.3, -0.25) is 9.69 Å². The molecular formula is C16H24ClN3O. The summed E-state index contributed by atoms with van der Waals surface area (Å²) in [6.07, 6.45) is 2.40. The Bertz CT molecular complexity index is 453. The first-order valence-electron chi connectivity index (χ1n) is 7.54. The maximum absolute atomic E-state index is 11.7. The van der Waals surface area contributed by atoms with E-state index in [9.17, 15) is 4.79 Å². The molecular weight excluding hydrogens is 286 g/mol. The van der Waals surface area contributed by atoms with Gasteiger partial charge in [-0.05, 0) is 37.5 Å². The molecule has 1 atom stereocenters. The van der Waals surface area contributed by atoms with E-state index in [1.165, 1.54) is 5.56 Å². The van der Waals surface area contributed by atoms with Crippen LogP contribution in [0.15, 0.2) is 24.3 Å². The first kappa shape index (κ1) is 16.3. The summed E-state index contributed by atoms with van der Waals surface area (Å²) in [6, 6.07) is 8.21. The van der Waals surface area contributed by atoms with Crippen molar-refractivity contribution in [3.63, 3.8) is 0 Å². The first-order chi connectivity index (χ1) is 10.0. The fourth-order valence-electron chi connectivity index (χ4n) is 2.66. The van der Waals surface area contributed by atoms with Gasteiger partial charge in [0, 0.05) is 43.2 Å². The zero-order valence-electron chi connectivity index (χ0n) is 12.5. The number of carbonyl (C=O) groups excluding carboxylic acids is 1. The molecule has 1 aliphatic rings. The summed E-state index contributed by atoms with van der Waals surface area (Å²) in [7, 11) is 0. The molecule has 0 aliphatic carbocycles. The van der Waals surface area contributed by atoms with Crippen LogP contribution in [0.1, 0.15) is 31.7 Å². The van der Waals surface area contributed by atoms with E-state index in [1.54, 1.807) is 0 Å². The second-order valence-electron chi connectivity index (χ2n) is 5.93. The van der Waals surface area contributed by atoms with Crippen molar-refractivity contribution < 1.29 is 4.79 Å². The Morgan fingerprint density at radius 3 is 2.57 bits per heavy atom. The molecule has 1 saturated heterocycles. The summed E-state index contributed by atoms with van der Waals surface area (Å²) in [5.41, 5.74) is 6.92. The summed E-state index contributed by atoms with van der Waals surface area (Å²) in [4.78, 5) is 14.1. The number of nitrogens with zero attached hydrogens (tertiary/aromatic N) is 1. The summed E-state index contributed by atoms with van der Waals surface area (Å²) in [5.74, 6) is 0.0705. The van der Waals surface area contributed by atoms with E-state index in [4.69, 9.17) is 17.3 Å². The summed E-state index contributed by atoms with van der Waals surface area (Å²) in [5, 5.41) is 3.85. The number of rotatable bonds is 5. The van der Waals surface area contributed by atoms with Crippen LogP contribution in [-0.4, -0.2) is 36.0 Å². The molecule has 1 amide bonds. The molecule has 3 N–H and O–H groups in total. The second kappa shape index (κ2) is 7.78. The normalized spacial score (nSPS) is 18.4. The van der Waals surface area contributed by atoms with Crippen molar-refractivity contribution in [2.24, 2.45) is 5.73 Å². The third kappa shape index (κ3) is 5.65. The van der Waals surface area contributed by atoms with Gasteiger partial charge in [-0.2, -0.15) is 0 Å². The van der Waals surface area contributed by atoms with E-state index in [-0.39, 0.29) is 18.0 Å². The zero-order valence-corrected chi connectivity index (χ0v) is 13.3. The fourth-order valence-corrected chi connectivity index (χ4v) is 2.79. The van der Waals surface area contributed by atoms with Crippen LogP contribution in [-0.2, 0) is 11.3 Å². The molecule has 0 spiro atoms. The van der Waals surface area contributed by atoms with Gasteiger partial charge in [-0.15, -0.1) is 0 Å². The number of amides is 1. The van der Waals surface area contributed by atoms with Gasteiger partial charge in [-0.1, -0.05) is 23.7 Å². The molecule has 4 nitrogen and oxygen atoms in total. The Morgan fingerprint density at radius 1 is 1.38 bits per heavy atom. The summed E-state index contributed by atoms with van der Waals surface area (Å²) in [6.45, 7) is 4.81. The second-order valence-corrected chi connectivity index (χ2v) is 6.36. The van der Waals surface area contributed by atoms with Gasteiger partial charge in [0.05, 0.1) is 0 Å². The van der Waals surface area contributed by atoms with Crippen LogP contribution in [0.3, 0.4) is 0 Å². The molecule has 1 unspecified atom stereocenters. The molecule has 0 saturated carbocycles. The Balaban J connectivity index is 1.73. The predicted molar refractivity (Wildman–Crippen MR) is 86.2 cm³/mol. The molecule has 0 bridgehead atoms. The van der Waals surface area contributed by atoms with Gasteiger partial charge in [-0.25, -0.2) is 0 Å². The van der Waals surface area contributed by atoms with Crippen molar-refractivity contribution in [2.45, 2.75) is 44.8 Å². The third-order valence-electron chi connectivity index (χ3n) is 3.78. The van der Waals surface area contributed by atoms with Crippen LogP contribution >= 0.6 is 11.6 Å². The number of benzene rings is 1. The van der Waals surface area contributed by atoms with E-state index in [0.29, 0.717) is 6.42 Å². The number of halogens is 1. The minimum absolute atomic E-state index is 0.0705. The number of likely N-dealkylation sites (tertiary alicyclic amines) is 1. The van der Waals surface area contributed by atoms with Gasteiger partial charge >= 0.3 is 0 Å². The Morgan fingerprint density at radius 2 is 2.00 bits per heavy atom. The predicted octanol–water partition coefficient (Wildman–Crippen LogP) is 2.16. The van der Waals surface area contributed by atoms with Gasteiger partial charge in [0.1, 0.15) is 0 Å². The largest absolute Gasteiger partial charge is 0.353 e. The molecule has 1 aromatic rings. The highest BCUT2D eigenvalue weighted by Gasteiger charge is 2.20. The fraction of sp³-hybridized carbons (Fsp3) is 0.562. The number of carbonyl (C=O) groups is 1. The van der Waals surface area contributed by atoms with Gasteiger partial charge < -0.3 is 11.1 Å². The molecule has 21 heavy (non-hydrogen) atoms. The monoisotopic (exact) mass is 309 g/mol. The SMILES string of the molecule is CC(N)CC(=O)NC1CCN(Cc2ccc(Cl)cc2)CC1. The minimum atomic E-state index is -0.0741. The number of piperidine rings is 1. The average Bonchev–Trinajstić information content (AvgIpc) is 2.42. The standard InChI is InChI=1S/C16H24ClN3O/c1-12(18)10-16(21)19-15-6-8-20(9-7-15)11-13-2-4-14(17)5-3-13/h2-5,12,15H,6-11,18H2,1H3,(H,19,21). The number of hydrogen-bond donors (Lipinski definition) is 2. The average molecular weight is 310 g/mol. The molecule has 1 fully saturated rings. The number of nitrogens with one attached hydrogen (secondary N) is 1. The quantitative estimate of drug-likeness (QED) is 0.876. The van der Waals surface area contributed by atoms with E-state index < -0.39 is 0 Å². The van der Waals surface area contributed by atoms with Crippen LogP contribution in [0, 0.1) is 0 Å². The van der Waals surface area contributed by atoms with E-state index in [1.807, 2.05) is 19.1 Å². The summed E-state index contributed by atoms with van der Waals surface area (Å²) >= 11 is 5.90. The van der Waals surface area contributed by atoms with Crippen molar-refractivity contribution in [1.29, 1.82) is 0 Å². The Kier molecular flexibility index (Phi) is 6.03. The Hall–Kier alpha value is -1.10. The van der Waals surface area contributed by atoms with Crippen LogP contribution in [0.25, 0.3) is 0 Å². The molecule has 116 valence electrons. The van der Waals surface area contributed by atoms with Crippen molar-refractivity contribution >= 4 is 17.5 Å². The lowest BCUT2D eigenvalue weighted by Crippen LogP contribution is -2.45. The molecule has 2 rings (SSSR count). The van der Waals surface area contributed by atoms with Crippen molar-refractivity contribution in [2.75, 3.05) is 13.1 Å². The summed E-state index contributed by atoms with van der Waals surface area (Å²) < 4.78 is 0. The smallest absolute Gasteiger partial charge is 0.221 e. The maximum atomic E-state index is 11.7. The molecule has 1 heterocycles. The molecule has 0 aromatic heterocycles. The zero-order chi connectivity index (χ0) is 15.2. The minimum Gasteiger partial charge on any atom is -0.353 e. The van der Waals surface area contributed by atoms with E-state index >= 15 is 0 Å². The topological polar surface area (TPSA) is 58.4 Å². The highest BCUT2D eigenvalue weighted by atomic mass is 35.5. The third-order valence-corrected chi connectivity index (χ3v) is 4.03. The lowest BCUT2D eigenvalue weighted by molar-refractivity contribution is -0.122. The van der Waals surface area contributed by atoms with Crippen LogP contribution in [0.5, 0.6) is 0 Å². The molecule has 1 aromatic carbocycles. The van der Waals surface area contributed by atoms with E-state index in [2.05, 4.69) is 22.3 Å². The van der Waals surface area contributed by atoms with Crippen molar-refractivity contribution in [1.82, 2.24) is 10.2 Å². The lowest BCUT2D eigenvalue weighted by Gasteiger charge is -2.32. The van der Waals surface area contributed by atoms with Crippen molar-refractivity contribution in [3.8, 4) is 0 Å². The number of nitrogens with two attached hydrogens (primary N) is 1. The van der Waals surface area contributed by atoms with E-state index in [0.717, 1.165) is 37.5 Å². The van der Waals surface area contributed by atoms with Gasteiger partial charge in [0.25, 0.3) is 0 Å². The lowest BCUT2D eigenvalue weighted by atomic mass is 10.0. The highest BCUT2D eigenvalue weighted by Crippen LogP contribution is 2.16. The Labute approximate surface area is 131 Å². The van der Waals surface area contributed by atoms with Crippen LogP contribution in [0.2, 0.25) is 5.02 Å². The van der Waals surface area contributed by atoms with Crippen molar-refractivity contribution in [3.05, 3.63) is 34.9 Å². The molecule has 0 radical (unpaired) electrons.